The van der Waals surface area contributed by atoms with Crippen molar-refractivity contribution in [3.8, 4) is 11.5 Å². The van der Waals surface area contributed by atoms with Gasteiger partial charge < -0.3 is 15.5 Å². The molecule has 0 radical (unpaired) electrons. The van der Waals surface area contributed by atoms with Crippen LogP contribution in [0.1, 0.15) is 43.0 Å². The summed E-state index contributed by atoms with van der Waals surface area (Å²) in [4.78, 5) is 12.0. The average molecular weight is 235 g/mol. The topological polar surface area (TPSA) is 69.6 Å². The van der Waals surface area contributed by atoms with E-state index in [4.69, 9.17) is 0 Å². The maximum Gasteiger partial charge on any atom is 0.255 e. The molecule has 3 N–H and O–H groups in total. The Bertz CT molecular complexity index is 433. The van der Waals surface area contributed by atoms with E-state index in [0.29, 0.717) is 0 Å². The van der Waals surface area contributed by atoms with Crippen LogP contribution < -0.4 is 5.32 Å². The van der Waals surface area contributed by atoms with Crippen molar-refractivity contribution in [2.45, 2.75) is 38.1 Å². The lowest BCUT2D eigenvalue weighted by atomic mass is 9.74. The molecule has 1 saturated carbocycles. The maximum atomic E-state index is 12.0. The highest BCUT2D eigenvalue weighted by molar-refractivity contribution is 5.98. The van der Waals surface area contributed by atoms with Crippen LogP contribution in [0, 0.1) is 0 Å². The number of para-hydroxylation sites is 1. The first-order valence-electron chi connectivity index (χ1n) is 5.91. The summed E-state index contributed by atoms with van der Waals surface area (Å²) < 4.78 is 0. The van der Waals surface area contributed by atoms with E-state index in [1.165, 1.54) is 12.1 Å². The fraction of sp³-hybridized carbons (Fsp3) is 0.462. The van der Waals surface area contributed by atoms with Crippen LogP contribution in [-0.4, -0.2) is 21.7 Å². The van der Waals surface area contributed by atoms with Crippen LogP contribution in [0.2, 0.25) is 0 Å². The highest BCUT2D eigenvalue weighted by Gasteiger charge is 2.37. The third-order valence-corrected chi connectivity index (χ3v) is 3.63. The standard InChI is InChI=1S/C13H17NO3/c1-2-13(7-4-8-13)14-12(17)9-5-3-6-10(15)11(9)16/h3,5-6,15-16H,2,4,7-8H2,1H3,(H,14,17). The van der Waals surface area contributed by atoms with E-state index in [9.17, 15) is 15.0 Å². The minimum atomic E-state index is -0.351. The van der Waals surface area contributed by atoms with Crippen molar-refractivity contribution < 1.29 is 15.0 Å². The first-order valence-corrected chi connectivity index (χ1v) is 5.91. The van der Waals surface area contributed by atoms with Crippen LogP contribution in [-0.2, 0) is 0 Å². The van der Waals surface area contributed by atoms with Gasteiger partial charge in [-0.2, -0.15) is 0 Å². The zero-order chi connectivity index (χ0) is 12.5. The molecule has 2 rings (SSSR count). The van der Waals surface area contributed by atoms with Gasteiger partial charge in [0, 0.05) is 5.54 Å². The van der Waals surface area contributed by atoms with Crippen molar-refractivity contribution in [3.63, 3.8) is 0 Å². The Balaban J connectivity index is 2.17. The molecule has 0 bridgehead atoms. The summed E-state index contributed by atoms with van der Waals surface area (Å²) in [6, 6.07) is 4.40. The number of hydrogen-bond acceptors (Lipinski definition) is 3. The Hall–Kier alpha value is -1.71. The first kappa shape index (κ1) is 11.8. The SMILES string of the molecule is CCC1(NC(=O)c2cccc(O)c2O)CCC1. The highest BCUT2D eigenvalue weighted by Crippen LogP contribution is 2.36. The van der Waals surface area contributed by atoms with Gasteiger partial charge in [0.2, 0.25) is 0 Å². The number of phenolic OH excluding ortho intramolecular Hbond substituents is 2. The largest absolute Gasteiger partial charge is 0.504 e. The molecule has 0 aromatic heterocycles. The van der Waals surface area contributed by atoms with Gasteiger partial charge in [-0.1, -0.05) is 13.0 Å². The summed E-state index contributed by atoms with van der Waals surface area (Å²) >= 11 is 0. The Kier molecular flexibility index (Phi) is 2.96. The molecule has 4 nitrogen and oxygen atoms in total. The summed E-state index contributed by atoms with van der Waals surface area (Å²) in [5.74, 6) is -0.938. The molecule has 0 atom stereocenters. The second-order valence-electron chi connectivity index (χ2n) is 4.61. The Labute approximate surface area is 100 Å². The molecule has 1 aliphatic rings. The van der Waals surface area contributed by atoms with Gasteiger partial charge in [0.05, 0.1) is 5.56 Å². The maximum absolute atomic E-state index is 12.0. The van der Waals surface area contributed by atoms with Crippen molar-refractivity contribution in [1.82, 2.24) is 5.32 Å². The highest BCUT2D eigenvalue weighted by atomic mass is 16.3. The summed E-state index contributed by atoms with van der Waals surface area (Å²) in [5, 5.41) is 21.9. The summed E-state index contributed by atoms with van der Waals surface area (Å²) in [5.41, 5.74) is 0.0133. The summed E-state index contributed by atoms with van der Waals surface area (Å²) in [6.45, 7) is 2.04. The number of carbonyl (C=O) groups excluding carboxylic acids is 1. The lowest BCUT2D eigenvalue weighted by molar-refractivity contribution is 0.0817. The normalized spacial score (nSPS) is 17.2. The van der Waals surface area contributed by atoms with E-state index in [1.54, 1.807) is 6.07 Å². The molecule has 1 fully saturated rings. The van der Waals surface area contributed by atoms with Crippen LogP contribution >= 0.6 is 0 Å². The molecule has 1 aromatic carbocycles. The summed E-state index contributed by atoms with van der Waals surface area (Å²) in [6.07, 6.45) is 3.97. The Morgan fingerprint density at radius 3 is 2.65 bits per heavy atom. The van der Waals surface area contributed by atoms with Gasteiger partial charge >= 0.3 is 0 Å². The monoisotopic (exact) mass is 235 g/mol. The lowest BCUT2D eigenvalue weighted by Gasteiger charge is -2.42. The first-order chi connectivity index (χ1) is 8.08. The molecule has 0 spiro atoms. The van der Waals surface area contributed by atoms with Gasteiger partial charge in [-0.15, -0.1) is 0 Å². The van der Waals surface area contributed by atoms with Crippen molar-refractivity contribution in [3.05, 3.63) is 23.8 Å². The van der Waals surface area contributed by atoms with E-state index in [-0.39, 0.29) is 28.5 Å². The molecule has 1 aromatic rings. The molecule has 0 saturated heterocycles. The quantitative estimate of drug-likeness (QED) is 0.703. The fourth-order valence-corrected chi connectivity index (χ4v) is 2.19. The third-order valence-electron chi connectivity index (χ3n) is 3.63. The molecule has 0 unspecified atom stereocenters. The number of benzene rings is 1. The van der Waals surface area contributed by atoms with Crippen molar-refractivity contribution in [2.75, 3.05) is 0 Å². The number of aromatic hydroxyl groups is 2. The molecule has 1 amide bonds. The van der Waals surface area contributed by atoms with Crippen LogP contribution in [0.3, 0.4) is 0 Å². The van der Waals surface area contributed by atoms with Crippen LogP contribution in [0.5, 0.6) is 11.5 Å². The van der Waals surface area contributed by atoms with Gasteiger partial charge in [0.25, 0.3) is 5.91 Å². The number of amides is 1. The average Bonchev–Trinajstić information content (AvgIpc) is 2.27. The molecule has 17 heavy (non-hydrogen) atoms. The van der Waals surface area contributed by atoms with Gasteiger partial charge in [0.15, 0.2) is 11.5 Å². The van der Waals surface area contributed by atoms with Crippen LogP contribution in [0.25, 0.3) is 0 Å². The third kappa shape index (κ3) is 2.07. The van der Waals surface area contributed by atoms with E-state index >= 15 is 0 Å². The second kappa shape index (κ2) is 4.28. The smallest absolute Gasteiger partial charge is 0.255 e. The minimum Gasteiger partial charge on any atom is -0.504 e. The summed E-state index contributed by atoms with van der Waals surface area (Å²) in [7, 11) is 0. The second-order valence-corrected chi connectivity index (χ2v) is 4.61. The van der Waals surface area contributed by atoms with Crippen LogP contribution in [0.4, 0.5) is 0 Å². The van der Waals surface area contributed by atoms with E-state index in [0.717, 1.165) is 25.7 Å². The molecule has 0 aliphatic heterocycles. The predicted molar refractivity (Wildman–Crippen MR) is 64.1 cm³/mol. The van der Waals surface area contributed by atoms with E-state index in [2.05, 4.69) is 5.32 Å². The Morgan fingerprint density at radius 2 is 2.12 bits per heavy atom. The number of nitrogens with one attached hydrogen (secondary N) is 1. The molecular formula is C13H17NO3. The van der Waals surface area contributed by atoms with Crippen molar-refractivity contribution >= 4 is 5.91 Å². The zero-order valence-electron chi connectivity index (χ0n) is 9.86. The number of phenols is 2. The molecule has 1 aliphatic carbocycles. The van der Waals surface area contributed by atoms with Crippen LogP contribution in [0.15, 0.2) is 18.2 Å². The fourth-order valence-electron chi connectivity index (χ4n) is 2.19. The zero-order valence-corrected chi connectivity index (χ0v) is 9.86. The minimum absolute atomic E-state index is 0.116. The molecule has 4 heteroatoms. The Morgan fingerprint density at radius 1 is 1.41 bits per heavy atom. The molecular weight excluding hydrogens is 218 g/mol. The van der Waals surface area contributed by atoms with E-state index in [1.807, 2.05) is 6.92 Å². The number of rotatable bonds is 3. The van der Waals surface area contributed by atoms with Gasteiger partial charge in [0.1, 0.15) is 0 Å². The lowest BCUT2D eigenvalue weighted by Crippen LogP contribution is -2.52. The van der Waals surface area contributed by atoms with E-state index < -0.39 is 0 Å². The molecule has 92 valence electrons. The van der Waals surface area contributed by atoms with Crippen molar-refractivity contribution in [2.24, 2.45) is 0 Å². The molecule has 0 heterocycles. The van der Waals surface area contributed by atoms with Gasteiger partial charge in [-0.25, -0.2) is 0 Å². The number of hydrogen-bond donors (Lipinski definition) is 3. The van der Waals surface area contributed by atoms with Crippen molar-refractivity contribution in [1.29, 1.82) is 0 Å². The van der Waals surface area contributed by atoms with Gasteiger partial charge in [-0.05, 0) is 37.8 Å². The van der Waals surface area contributed by atoms with Gasteiger partial charge in [-0.3, -0.25) is 4.79 Å². The number of carbonyl (C=O) groups is 1. The predicted octanol–water partition coefficient (Wildman–Crippen LogP) is 2.16.